The predicted molar refractivity (Wildman–Crippen MR) is 50.5 cm³/mol. The van der Waals surface area contributed by atoms with E-state index < -0.39 is 0 Å². The Balaban J connectivity index is 2.94. The molecular weight excluding hydrogens is 132 g/mol. The molecule has 0 aromatic rings. The maximum Gasteiger partial charge on any atom is -0.0185 e. The summed E-state index contributed by atoms with van der Waals surface area (Å²) in [6.07, 6.45) is 5.87. The van der Waals surface area contributed by atoms with Gasteiger partial charge >= 0.3 is 0 Å². The Kier molecular flexibility index (Phi) is 2.53. The van der Waals surface area contributed by atoms with Gasteiger partial charge in [0, 0.05) is 0 Å². The smallest absolute Gasteiger partial charge is 0.0185 e. The lowest BCUT2D eigenvalue weighted by Crippen LogP contribution is -1.88. The molecule has 62 valence electrons. The quantitative estimate of drug-likeness (QED) is 0.495. The number of allylic oxidation sites excluding steroid dienone is 4. The molecule has 2 atom stereocenters. The molecule has 0 amide bonds. The summed E-state index contributed by atoms with van der Waals surface area (Å²) in [6.45, 7) is 8.94. The summed E-state index contributed by atoms with van der Waals surface area (Å²) in [5, 5.41) is 0. The standard InChI is InChI=1S/C11H18/c1-5-10-8(3)7-9(4)11(10)6-2/h5-6,8-9H,7H2,1-4H3/b10-5-,11-6-. The van der Waals surface area contributed by atoms with Crippen molar-refractivity contribution >= 4 is 0 Å². The molecule has 1 rings (SSSR count). The molecule has 0 aromatic carbocycles. The molecule has 0 aromatic heterocycles. The third-order valence-corrected chi connectivity index (χ3v) is 2.72. The highest BCUT2D eigenvalue weighted by Crippen LogP contribution is 2.39. The van der Waals surface area contributed by atoms with Gasteiger partial charge in [-0.15, -0.1) is 0 Å². The molecule has 0 saturated heterocycles. The van der Waals surface area contributed by atoms with Gasteiger partial charge in [-0.25, -0.2) is 0 Å². The Bertz CT molecular complexity index is 174. The summed E-state index contributed by atoms with van der Waals surface area (Å²) in [4.78, 5) is 0. The van der Waals surface area contributed by atoms with Gasteiger partial charge in [0.2, 0.25) is 0 Å². The first-order chi connectivity index (χ1) is 5.20. The minimum absolute atomic E-state index is 0.779. The van der Waals surface area contributed by atoms with Gasteiger partial charge in [0.05, 0.1) is 0 Å². The number of hydrogen-bond donors (Lipinski definition) is 0. The molecule has 0 nitrogen and oxygen atoms in total. The van der Waals surface area contributed by atoms with Crippen LogP contribution in [0, 0.1) is 11.8 Å². The zero-order valence-corrected chi connectivity index (χ0v) is 8.02. The van der Waals surface area contributed by atoms with Gasteiger partial charge in [-0.1, -0.05) is 26.0 Å². The Hall–Kier alpha value is -0.520. The zero-order valence-electron chi connectivity index (χ0n) is 8.02. The van der Waals surface area contributed by atoms with Gasteiger partial charge in [0.25, 0.3) is 0 Å². The molecular formula is C11H18. The fourth-order valence-electron chi connectivity index (χ4n) is 2.26. The summed E-state index contributed by atoms with van der Waals surface area (Å²) in [5.74, 6) is 1.56. The number of hydrogen-bond acceptors (Lipinski definition) is 0. The van der Waals surface area contributed by atoms with E-state index in [1.54, 1.807) is 11.1 Å². The fraction of sp³-hybridized carbons (Fsp3) is 0.636. The van der Waals surface area contributed by atoms with Crippen molar-refractivity contribution in [2.75, 3.05) is 0 Å². The van der Waals surface area contributed by atoms with Crippen LogP contribution in [0.3, 0.4) is 0 Å². The van der Waals surface area contributed by atoms with Gasteiger partial charge < -0.3 is 0 Å². The highest BCUT2D eigenvalue weighted by atomic mass is 14.3. The molecule has 11 heavy (non-hydrogen) atoms. The lowest BCUT2D eigenvalue weighted by molar-refractivity contribution is 0.594. The SMILES string of the molecule is C/C=C1\C(=C/C)C(C)CC1C. The number of rotatable bonds is 0. The minimum Gasteiger partial charge on any atom is -0.0839 e. The zero-order chi connectivity index (χ0) is 8.43. The predicted octanol–water partition coefficient (Wildman–Crippen LogP) is 3.55. The molecule has 2 unspecified atom stereocenters. The van der Waals surface area contributed by atoms with E-state index in [0.29, 0.717) is 0 Å². The Labute approximate surface area is 70.0 Å². The van der Waals surface area contributed by atoms with E-state index in [1.165, 1.54) is 6.42 Å². The van der Waals surface area contributed by atoms with Crippen molar-refractivity contribution in [1.82, 2.24) is 0 Å². The molecule has 1 aliphatic rings. The van der Waals surface area contributed by atoms with E-state index in [0.717, 1.165) is 11.8 Å². The molecule has 0 aliphatic heterocycles. The van der Waals surface area contributed by atoms with Crippen LogP contribution < -0.4 is 0 Å². The topological polar surface area (TPSA) is 0 Å². The molecule has 0 heteroatoms. The monoisotopic (exact) mass is 150 g/mol. The average molecular weight is 150 g/mol. The van der Waals surface area contributed by atoms with E-state index >= 15 is 0 Å². The van der Waals surface area contributed by atoms with Crippen LogP contribution >= 0.6 is 0 Å². The van der Waals surface area contributed by atoms with Crippen LogP contribution in [0.5, 0.6) is 0 Å². The first-order valence-electron chi connectivity index (χ1n) is 4.53. The van der Waals surface area contributed by atoms with Crippen LogP contribution in [0.15, 0.2) is 23.3 Å². The molecule has 0 N–H and O–H groups in total. The van der Waals surface area contributed by atoms with E-state index in [2.05, 4.69) is 39.8 Å². The Morgan fingerprint density at radius 3 is 1.64 bits per heavy atom. The van der Waals surface area contributed by atoms with Crippen LogP contribution in [0.2, 0.25) is 0 Å². The van der Waals surface area contributed by atoms with Crippen molar-refractivity contribution in [2.45, 2.75) is 34.1 Å². The highest BCUT2D eigenvalue weighted by Gasteiger charge is 2.26. The Morgan fingerprint density at radius 2 is 1.36 bits per heavy atom. The van der Waals surface area contributed by atoms with Crippen molar-refractivity contribution in [1.29, 1.82) is 0 Å². The third-order valence-electron chi connectivity index (χ3n) is 2.72. The van der Waals surface area contributed by atoms with E-state index in [1.807, 2.05) is 0 Å². The van der Waals surface area contributed by atoms with Gasteiger partial charge in [-0.2, -0.15) is 0 Å². The van der Waals surface area contributed by atoms with Crippen molar-refractivity contribution < 1.29 is 0 Å². The largest absolute Gasteiger partial charge is 0.0839 e. The van der Waals surface area contributed by atoms with Crippen molar-refractivity contribution in [3.05, 3.63) is 23.3 Å². The maximum atomic E-state index is 2.32. The van der Waals surface area contributed by atoms with Crippen molar-refractivity contribution in [2.24, 2.45) is 11.8 Å². The summed E-state index contributed by atoms with van der Waals surface area (Å²) >= 11 is 0. The minimum atomic E-state index is 0.779. The van der Waals surface area contributed by atoms with Crippen LogP contribution in [-0.2, 0) is 0 Å². The first-order valence-corrected chi connectivity index (χ1v) is 4.53. The average Bonchev–Trinajstić information content (AvgIpc) is 2.24. The molecule has 0 bridgehead atoms. The second kappa shape index (κ2) is 3.25. The first kappa shape index (κ1) is 8.58. The molecule has 0 radical (unpaired) electrons. The summed E-state index contributed by atoms with van der Waals surface area (Å²) < 4.78 is 0. The van der Waals surface area contributed by atoms with Crippen LogP contribution in [0.25, 0.3) is 0 Å². The summed E-state index contributed by atoms with van der Waals surface area (Å²) in [6, 6.07) is 0. The molecule has 1 saturated carbocycles. The molecule has 0 spiro atoms. The Morgan fingerprint density at radius 1 is 1.00 bits per heavy atom. The fourth-order valence-corrected chi connectivity index (χ4v) is 2.26. The lowest BCUT2D eigenvalue weighted by atomic mass is 10.0. The molecule has 1 aliphatic carbocycles. The maximum absolute atomic E-state index is 2.32. The normalized spacial score (nSPS) is 38.9. The van der Waals surface area contributed by atoms with Gasteiger partial charge in [0.1, 0.15) is 0 Å². The van der Waals surface area contributed by atoms with Crippen molar-refractivity contribution in [3.8, 4) is 0 Å². The lowest BCUT2D eigenvalue weighted by Gasteiger charge is -2.04. The molecule has 0 heterocycles. The van der Waals surface area contributed by atoms with E-state index in [-0.39, 0.29) is 0 Å². The highest BCUT2D eigenvalue weighted by molar-refractivity contribution is 5.38. The second-order valence-electron chi connectivity index (χ2n) is 3.53. The van der Waals surface area contributed by atoms with Crippen molar-refractivity contribution in [3.63, 3.8) is 0 Å². The third kappa shape index (κ3) is 1.40. The van der Waals surface area contributed by atoms with Crippen LogP contribution in [-0.4, -0.2) is 0 Å². The summed E-state index contributed by atoms with van der Waals surface area (Å²) in [7, 11) is 0. The molecule has 1 fully saturated rings. The second-order valence-corrected chi connectivity index (χ2v) is 3.53. The van der Waals surface area contributed by atoms with Crippen LogP contribution in [0.4, 0.5) is 0 Å². The van der Waals surface area contributed by atoms with Gasteiger partial charge in [-0.05, 0) is 43.3 Å². The van der Waals surface area contributed by atoms with Gasteiger partial charge in [0.15, 0.2) is 0 Å². The van der Waals surface area contributed by atoms with E-state index in [4.69, 9.17) is 0 Å². The van der Waals surface area contributed by atoms with Crippen LogP contribution in [0.1, 0.15) is 34.1 Å². The van der Waals surface area contributed by atoms with Gasteiger partial charge in [-0.3, -0.25) is 0 Å². The summed E-state index contributed by atoms with van der Waals surface area (Å²) in [5.41, 5.74) is 3.14. The van der Waals surface area contributed by atoms with E-state index in [9.17, 15) is 0 Å².